The lowest BCUT2D eigenvalue weighted by atomic mass is 10.2. The summed E-state index contributed by atoms with van der Waals surface area (Å²) in [5.41, 5.74) is 1.19. The molecule has 0 saturated heterocycles. The van der Waals surface area contributed by atoms with Crippen LogP contribution in [0.5, 0.6) is 5.75 Å². The normalized spacial score (nSPS) is 10.1. The van der Waals surface area contributed by atoms with Crippen LogP contribution in [-0.4, -0.2) is 17.0 Å². The van der Waals surface area contributed by atoms with E-state index in [0.717, 1.165) is 10.2 Å². The van der Waals surface area contributed by atoms with Gasteiger partial charge in [-0.25, -0.2) is 0 Å². The molecule has 104 valence electrons. The highest BCUT2D eigenvalue weighted by Gasteiger charge is 2.14. The van der Waals surface area contributed by atoms with Crippen molar-refractivity contribution in [2.45, 2.75) is 6.54 Å². The highest BCUT2D eigenvalue weighted by Crippen LogP contribution is 2.29. The molecule has 2 rings (SSSR count). The first-order valence-corrected chi connectivity index (χ1v) is 6.56. The lowest BCUT2D eigenvalue weighted by molar-refractivity contribution is -0.384. The van der Waals surface area contributed by atoms with E-state index in [1.165, 1.54) is 13.2 Å². The van der Waals surface area contributed by atoms with Crippen LogP contribution in [0, 0.1) is 10.1 Å². The number of hydrogen-bond donors (Lipinski definition) is 1. The standard InChI is InChI=1S/C13H12BrN3O3/c1-20-11-4-5-12(13(6-11)17(18)19)16-8-10-3-2-9(14)7-15-10/h2-7,16H,8H2,1H3. The predicted octanol–water partition coefficient (Wildman–Crippen LogP) is 3.37. The molecule has 7 heteroatoms. The van der Waals surface area contributed by atoms with Gasteiger partial charge < -0.3 is 10.1 Å². The van der Waals surface area contributed by atoms with E-state index in [4.69, 9.17) is 4.74 Å². The maximum atomic E-state index is 11.0. The van der Waals surface area contributed by atoms with Crippen LogP contribution in [0.3, 0.4) is 0 Å². The van der Waals surface area contributed by atoms with Crippen LogP contribution in [-0.2, 0) is 6.54 Å². The number of nitrogens with zero attached hydrogens (tertiary/aromatic N) is 2. The minimum Gasteiger partial charge on any atom is -0.496 e. The molecule has 1 aromatic heterocycles. The summed E-state index contributed by atoms with van der Waals surface area (Å²) in [5.74, 6) is 0.448. The van der Waals surface area contributed by atoms with Gasteiger partial charge in [0, 0.05) is 10.7 Å². The predicted molar refractivity (Wildman–Crippen MR) is 78.9 cm³/mol. The molecular weight excluding hydrogens is 326 g/mol. The average molecular weight is 338 g/mol. The van der Waals surface area contributed by atoms with Crippen LogP contribution in [0.25, 0.3) is 0 Å². The molecule has 20 heavy (non-hydrogen) atoms. The van der Waals surface area contributed by atoms with Crippen molar-refractivity contribution in [1.82, 2.24) is 4.98 Å². The van der Waals surface area contributed by atoms with Gasteiger partial charge in [-0.2, -0.15) is 0 Å². The highest BCUT2D eigenvalue weighted by molar-refractivity contribution is 9.10. The third-order valence-electron chi connectivity index (χ3n) is 2.65. The molecule has 0 spiro atoms. The number of ether oxygens (including phenoxy) is 1. The third kappa shape index (κ3) is 3.45. The molecule has 1 heterocycles. The maximum Gasteiger partial charge on any atom is 0.296 e. The Bertz CT molecular complexity index is 617. The second-order valence-electron chi connectivity index (χ2n) is 3.96. The first kappa shape index (κ1) is 14.3. The number of nitro benzene ring substituents is 1. The lowest BCUT2D eigenvalue weighted by Crippen LogP contribution is -2.04. The minimum absolute atomic E-state index is 0.0264. The molecule has 0 atom stereocenters. The molecule has 0 amide bonds. The topological polar surface area (TPSA) is 77.3 Å². The summed E-state index contributed by atoms with van der Waals surface area (Å²) in [6.45, 7) is 0.403. The molecule has 1 N–H and O–H groups in total. The Morgan fingerprint density at radius 1 is 1.40 bits per heavy atom. The van der Waals surface area contributed by atoms with E-state index < -0.39 is 4.92 Å². The van der Waals surface area contributed by atoms with Crippen LogP contribution < -0.4 is 10.1 Å². The fourth-order valence-electron chi connectivity index (χ4n) is 1.64. The van der Waals surface area contributed by atoms with Gasteiger partial charge in [0.1, 0.15) is 11.4 Å². The number of benzene rings is 1. The second-order valence-corrected chi connectivity index (χ2v) is 4.88. The summed E-state index contributed by atoms with van der Waals surface area (Å²) in [5, 5.41) is 14.0. The SMILES string of the molecule is COc1ccc(NCc2ccc(Br)cn2)c([N+](=O)[O-])c1. The van der Waals surface area contributed by atoms with Crippen molar-refractivity contribution in [1.29, 1.82) is 0 Å². The van der Waals surface area contributed by atoms with E-state index in [1.807, 2.05) is 12.1 Å². The van der Waals surface area contributed by atoms with Crippen molar-refractivity contribution in [3.05, 3.63) is 56.8 Å². The van der Waals surface area contributed by atoms with Crippen LogP contribution in [0.15, 0.2) is 41.0 Å². The Morgan fingerprint density at radius 3 is 2.80 bits per heavy atom. The molecule has 0 radical (unpaired) electrons. The van der Waals surface area contributed by atoms with Crippen molar-refractivity contribution in [2.24, 2.45) is 0 Å². The summed E-state index contributed by atoms with van der Waals surface area (Å²) in [4.78, 5) is 14.8. The number of methoxy groups -OCH3 is 1. The molecule has 2 aromatic rings. The summed E-state index contributed by atoms with van der Waals surface area (Å²) in [7, 11) is 1.47. The highest BCUT2D eigenvalue weighted by atomic mass is 79.9. The minimum atomic E-state index is -0.445. The number of halogens is 1. The van der Waals surface area contributed by atoms with Crippen molar-refractivity contribution in [3.8, 4) is 5.75 Å². The fraction of sp³-hybridized carbons (Fsp3) is 0.154. The van der Waals surface area contributed by atoms with Gasteiger partial charge in [0.15, 0.2) is 0 Å². The Morgan fingerprint density at radius 2 is 2.20 bits per heavy atom. The number of nitrogens with one attached hydrogen (secondary N) is 1. The van der Waals surface area contributed by atoms with Crippen LogP contribution >= 0.6 is 15.9 Å². The second kappa shape index (κ2) is 6.33. The van der Waals surface area contributed by atoms with E-state index >= 15 is 0 Å². The Kier molecular flexibility index (Phi) is 4.52. The van der Waals surface area contributed by atoms with E-state index in [0.29, 0.717) is 18.0 Å². The number of aromatic nitrogens is 1. The first-order valence-electron chi connectivity index (χ1n) is 5.77. The van der Waals surface area contributed by atoms with Gasteiger partial charge >= 0.3 is 0 Å². The number of nitro groups is 1. The van der Waals surface area contributed by atoms with Gasteiger partial charge in [-0.3, -0.25) is 15.1 Å². The molecule has 0 aliphatic rings. The molecule has 1 aromatic carbocycles. The first-order chi connectivity index (χ1) is 9.60. The van der Waals surface area contributed by atoms with Gasteiger partial charge in [-0.1, -0.05) is 0 Å². The Labute approximate surface area is 124 Å². The third-order valence-corrected chi connectivity index (χ3v) is 3.12. The van der Waals surface area contributed by atoms with E-state index in [9.17, 15) is 10.1 Å². The van der Waals surface area contributed by atoms with Crippen LogP contribution in [0.1, 0.15) is 5.69 Å². The van der Waals surface area contributed by atoms with E-state index in [1.54, 1.807) is 18.3 Å². The van der Waals surface area contributed by atoms with Crippen molar-refractivity contribution < 1.29 is 9.66 Å². The van der Waals surface area contributed by atoms with E-state index in [2.05, 4.69) is 26.2 Å². The molecular formula is C13H12BrN3O3. The monoisotopic (exact) mass is 337 g/mol. The maximum absolute atomic E-state index is 11.0. The van der Waals surface area contributed by atoms with E-state index in [-0.39, 0.29) is 5.69 Å². The van der Waals surface area contributed by atoms with Crippen molar-refractivity contribution in [2.75, 3.05) is 12.4 Å². The van der Waals surface area contributed by atoms with Gasteiger partial charge in [-0.05, 0) is 40.2 Å². The smallest absolute Gasteiger partial charge is 0.296 e. The molecule has 6 nitrogen and oxygen atoms in total. The zero-order valence-corrected chi connectivity index (χ0v) is 12.3. The van der Waals surface area contributed by atoms with Crippen molar-refractivity contribution in [3.63, 3.8) is 0 Å². The van der Waals surface area contributed by atoms with Gasteiger partial charge in [0.2, 0.25) is 0 Å². The Balaban J connectivity index is 2.16. The summed E-state index contributed by atoms with van der Waals surface area (Å²) in [6, 6.07) is 8.39. The van der Waals surface area contributed by atoms with Crippen LogP contribution in [0.4, 0.5) is 11.4 Å². The molecule has 0 aliphatic heterocycles. The zero-order chi connectivity index (χ0) is 14.5. The van der Waals surface area contributed by atoms with Crippen molar-refractivity contribution >= 4 is 27.3 Å². The number of rotatable bonds is 5. The zero-order valence-electron chi connectivity index (χ0n) is 10.7. The number of anilines is 1. The largest absolute Gasteiger partial charge is 0.496 e. The molecule has 0 saturated carbocycles. The quantitative estimate of drug-likeness (QED) is 0.668. The molecule has 0 unspecified atom stereocenters. The summed E-state index contributed by atoms with van der Waals surface area (Å²) >= 11 is 3.30. The Hall–Kier alpha value is -2.15. The fourth-order valence-corrected chi connectivity index (χ4v) is 1.87. The molecule has 0 bridgehead atoms. The average Bonchev–Trinajstić information content (AvgIpc) is 2.46. The summed E-state index contributed by atoms with van der Waals surface area (Å²) < 4.78 is 5.87. The molecule has 0 fully saturated rings. The summed E-state index contributed by atoms with van der Waals surface area (Å²) in [6.07, 6.45) is 1.68. The van der Waals surface area contributed by atoms with Gasteiger partial charge in [0.05, 0.1) is 30.3 Å². The van der Waals surface area contributed by atoms with Crippen LogP contribution in [0.2, 0.25) is 0 Å². The number of pyridine rings is 1. The lowest BCUT2D eigenvalue weighted by Gasteiger charge is -2.08. The van der Waals surface area contributed by atoms with Gasteiger partial charge in [0.25, 0.3) is 5.69 Å². The number of hydrogen-bond acceptors (Lipinski definition) is 5. The van der Waals surface area contributed by atoms with Gasteiger partial charge in [-0.15, -0.1) is 0 Å². The molecule has 0 aliphatic carbocycles.